The third-order valence-electron chi connectivity index (χ3n) is 3.68. The molecule has 0 aliphatic rings. The van der Waals surface area contributed by atoms with Gasteiger partial charge in [0.2, 0.25) is 5.91 Å². The summed E-state index contributed by atoms with van der Waals surface area (Å²) in [6, 6.07) is 10.00. The largest absolute Gasteiger partial charge is 0.497 e. The summed E-state index contributed by atoms with van der Waals surface area (Å²) in [5, 5.41) is 2.76. The standard InChI is InChI=1S/C19H15F2N3O3S/c1-27-14-4-2-3-12(9-14)23-17(25)11-28-18-19(26)24(8-7-22-18)13-5-6-15(20)16(21)10-13/h2-10H,11H2,1H3,(H,23,25). The lowest BCUT2D eigenvalue weighted by atomic mass is 10.3. The lowest BCUT2D eigenvalue weighted by molar-refractivity contribution is -0.113. The van der Waals surface area contributed by atoms with E-state index in [1.807, 2.05) is 0 Å². The van der Waals surface area contributed by atoms with Gasteiger partial charge in [0, 0.05) is 30.2 Å². The van der Waals surface area contributed by atoms with E-state index in [9.17, 15) is 18.4 Å². The van der Waals surface area contributed by atoms with E-state index in [1.165, 1.54) is 25.6 Å². The van der Waals surface area contributed by atoms with Crippen molar-refractivity contribution in [1.29, 1.82) is 0 Å². The Balaban J connectivity index is 1.71. The Morgan fingerprint density at radius 1 is 1.21 bits per heavy atom. The van der Waals surface area contributed by atoms with E-state index < -0.39 is 17.2 Å². The molecule has 0 bridgehead atoms. The summed E-state index contributed by atoms with van der Waals surface area (Å²) in [6.45, 7) is 0. The average Bonchev–Trinajstić information content (AvgIpc) is 2.69. The number of methoxy groups -OCH3 is 1. The van der Waals surface area contributed by atoms with Crippen molar-refractivity contribution in [2.45, 2.75) is 5.03 Å². The number of hydrogen-bond donors (Lipinski definition) is 1. The number of carbonyl (C=O) groups is 1. The molecule has 0 radical (unpaired) electrons. The number of ether oxygens (including phenoxy) is 1. The Hall–Kier alpha value is -3.20. The molecule has 0 saturated carbocycles. The van der Waals surface area contributed by atoms with E-state index in [1.54, 1.807) is 24.3 Å². The maximum Gasteiger partial charge on any atom is 0.287 e. The summed E-state index contributed by atoms with van der Waals surface area (Å²) in [6.07, 6.45) is 2.69. The van der Waals surface area contributed by atoms with Gasteiger partial charge in [-0.2, -0.15) is 0 Å². The quantitative estimate of drug-likeness (QED) is 0.640. The summed E-state index contributed by atoms with van der Waals surface area (Å²) >= 11 is 0.945. The van der Waals surface area contributed by atoms with Crippen LogP contribution >= 0.6 is 11.8 Å². The van der Waals surface area contributed by atoms with Gasteiger partial charge in [0.25, 0.3) is 5.56 Å². The van der Waals surface area contributed by atoms with E-state index in [4.69, 9.17) is 4.74 Å². The summed E-state index contributed by atoms with van der Waals surface area (Å²) < 4.78 is 32.8. The fourth-order valence-corrected chi connectivity index (χ4v) is 3.06. The van der Waals surface area contributed by atoms with Gasteiger partial charge < -0.3 is 10.1 Å². The topological polar surface area (TPSA) is 73.2 Å². The Kier molecular flexibility index (Phi) is 6.05. The van der Waals surface area contributed by atoms with Crippen molar-refractivity contribution in [2.24, 2.45) is 0 Å². The molecule has 2 aromatic carbocycles. The van der Waals surface area contributed by atoms with Gasteiger partial charge in [0.05, 0.1) is 18.6 Å². The lowest BCUT2D eigenvalue weighted by Gasteiger charge is -2.08. The van der Waals surface area contributed by atoms with Gasteiger partial charge >= 0.3 is 0 Å². The van der Waals surface area contributed by atoms with E-state index in [0.717, 1.165) is 28.5 Å². The molecule has 28 heavy (non-hydrogen) atoms. The monoisotopic (exact) mass is 403 g/mol. The Morgan fingerprint density at radius 3 is 2.79 bits per heavy atom. The van der Waals surface area contributed by atoms with Gasteiger partial charge in [-0.05, 0) is 24.3 Å². The minimum atomic E-state index is -1.06. The van der Waals surface area contributed by atoms with E-state index in [-0.39, 0.29) is 22.4 Å². The number of thioether (sulfide) groups is 1. The van der Waals surface area contributed by atoms with Crippen LogP contribution in [0, 0.1) is 11.6 Å². The molecule has 1 heterocycles. The first-order chi connectivity index (χ1) is 13.5. The highest BCUT2D eigenvalue weighted by molar-refractivity contribution is 7.99. The average molecular weight is 403 g/mol. The van der Waals surface area contributed by atoms with Gasteiger partial charge in [-0.3, -0.25) is 14.2 Å². The van der Waals surface area contributed by atoms with Crippen LogP contribution in [0.2, 0.25) is 0 Å². The van der Waals surface area contributed by atoms with Crippen LogP contribution in [0.4, 0.5) is 14.5 Å². The van der Waals surface area contributed by atoms with Crippen molar-refractivity contribution >= 4 is 23.4 Å². The zero-order valence-corrected chi connectivity index (χ0v) is 15.5. The molecule has 0 aliphatic heterocycles. The molecule has 0 unspecified atom stereocenters. The molecule has 144 valence electrons. The normalized spacial score (nSPS) is 10.5. The fourth-order valence-electron chi connectivity index (χ4n) is 2.36. The molecule has 0 saturated heterocycles. The predicted molar refractivity (Wildman–Crippen MR) is 102 cm³/mol. The van der Waals surface area contributed by atoms with Gasteiger partial charge in [-0.25, -0.2) is 13.8 Å². The van der Waals surface area contributed by atoms with E-state index in [0.29, 0.717) is 11.4 Å². The SMILES string of the molecule is COc1cccc(NC(=O)CSc2nccn(-c3ccc(F)c(F)c3)c2=O)c1. The van der Waals surface area contributed by atoms with E-state index in [2.05, 4.69) is 10.3 Å². The lowest BCUT2D eigenvalue weighted by Crippen LogP contribution is -2.22. The molecule has 6 nitrogen and oxygen atoms in total. The molecule has 9 heteroatoms. The maximum absolute atomic E-state index is 13.4. The van der Waals surface area contributed by atoms with Gasteiger partial charge in [0.1, 0.15) is 5.75 Å². The van der Waals surface area contributed by atoms with E-state index >= 15 is 0 Å². The van der Waals surface area contributed by atoms with Crippen LogP contribution in [-0.2, 0) is 4.79 Å². The zero-order valence-electron chi connectivity index (χ0n) is 14.7. The van der Waals surface area contributed by atoms with Crippen LogP contribution in [0.3, 0.4) is 0 Å². The van der Waals surface area contributed by atoms with Gasteiger partial charge in [0.15, 0.2) is 16.7 Å². The molecule has 1 N–H and O–H groups in total. The molecule has 0 atom stereocenters. The molecule has 0 aliphatic carbocycles. The molecule has 1 aromatic heterocycles. The first-order valence-corrected chi connectivity index (χ1v) is 9.06. The number of rotatable bonds is 6. The summed E-state index contributed by atoms with van der Waals surface area (Å²) in [5.41, 5.74) is 0.187. The molecule has 3 aromatic rings. The second-order valence-corrected chi connectivity index (χ2v) is 6.54. The smallest absolute Gasteiger partial charge is 0.287 e. The first-order valence-electron chi connectivity index (χ1n) is 8.07. The number of hydrogen-bond acceptors (Lipinski definition) is 5. The van der Waals surface area contributed by atoms with Crippen LogP contribution in [0.5, 0.6) is 5.75 Å². The number of amides is 1. The molecule has 0 fully saturated rings. The van der Waals surface area contributed by atoms with Crippen molar-refractivity contribution in [2.75, 3.05) is 18.2 Å². The van der Waals surface area contributed by atoms with Crippen LogP contribution in [-0.4, -0.2) is 28.3 Å². The van der Waals surface area contributed by atoms with Crippen LogP contribution in [0.1, 0.15) is 0 Å². The van der Waals surface area contributed by atoms with Crippen molar-refractivity contribution in [1.82, 2.24) is 9.55 Å². The third kappa shape index (κ3) is 4.55. The highest BCUT2D eigenvalue weighted by atomic mass is 32.2. The molecular formula is C19H15F2N3O3S. The Morgan fingerprint density at radius 2 is 2.04 bits per heavy atom. The molecular weight excluding hydrogens is 388 g/mol. The predicted octanol–water partition coefficient (Wildman–Crippen LogP) is 3.25. The summed E-state index contributed by atoms with van der Waals surface area (Å²) in [5.74, 6) is -1.85. The number of nitrogens with one attached hydrogen (secondary N) is 1. The second kappa shape index (κ2) is 8.66. The zero-order chi connectivity index (χ0) is 20.1. The Bertz CT molecular complexity index is 1070. The third-order valence-corrected chi connectivity index (χ3v) is 4.64. The van der Waals surface area contributed by atoms with Crippen molar-refractivity contribution < 1.29 is 18.3 Å². The van der Waals surface area contributed by atoms with Crippen LogP contribution in [0.25, 0.3) is 5.69 Å². The van der Waals surface area contributed by atoms with Crippen molar-refractivity contribution in [3.05, 3.63) is 76.8 Å². The van der Waals surface area contributed by atoms with Crippen LogP contribution < -0.4 is 15.6 Å². The van der Waals surface area contributed by atoms with Gasteiger partial charge in [-0.15, -0.1) is 0 Å². The number of aromatic nitrogens is 2. The minimum absolute atomic E-state index is 0.0543. The number of halogens is 2. The summed E-state index contributed by atoms with van der Waals surface area (Å²) in [7, 11) is 1.52. The fraction of sp³-hybridized carbons (Fsp3) is 0.105. The van der Waals surface area contributed by atoms with Crippen molar-refractivity contribution in [3.63, 3.8) is 0 Å². The van der Waals surface area contributed by atoms with Gasteiger partial charge in [-0.1, -0.05) is 17.8 Å². The molecule has 3 rings (SSSR count). The number of benzene rings is 2. The number of anilines is 1. The first kappa shape index (κ1) is 19.6. The highest BCUT2D eigenvalue weighted by Gasteiger charge is 2.12. The summed E-state index contributed by atoms with van der Waals surface area (Å²) in [4.78, 5) is 28.6. The molecule has 1 amide bonds. The minimum Gasteiger partial charge on any atom is -0.497 e. The highest BCUT2D eigenvalue weighted by Crippen LogP contribution is 2.18. The second-order valence-electron chi connectivity index (χ2n) is 5.57. The van der Waals surface area contributed by atoms with Crippen LogP contribution in [0.15, 0.2) is 64.7 Å². The Labute approximate surface area is 163 Å². The van der Waals surface area contributed by atoms with Crippen molar-refractivity contribution in [3.8, 4) is 11.4 Å². The maximum atomic E-state index is 13.4. The number of nitrogens with zero attached hydrogens (tertiary/aromatic N) is 2. The number of carbonyl (C=O) groups excluding carboxylic acids is 1. The molecule has 0 spiro atoms.